The van der Waals surface area contributed by atoms with Crippen molar-refractivity contribution in [3.8, 4) is 0 Å². The SMILES string of the molecule is C/C(=N/Nc1cccc(Cl)c1)c1cccs1. The fourth-order valence-electron chi connectivity index (χ4n) is 1.25. The van der Waals surface area contributed by atoms with Gasteiger partial charge in [-0.1, -0.05) is 23.7 Å². The predicted molar refractivity (Wildman–Crippen MR) is 71.6 cm³/mol. The van der Waals surface area contributed by atoms with Gasteiger partial charge in [-0.2, -0.15) is 5.10 Å². The summed E-state index contributed by atoms with van der Waals surface area (Å²) >= 11 is 7.55. The topological polar surface area (TPSA) is 24.4 Å². The average Bonchev–Trinajstić information content (AvgIpc) is 2.79. The molecule has 0 bridgehead atoms. The zero-order chi connectivity index (χ0) is 11.4. The first kappa shape index (κ1) is 11.2. The fourth-order valence-corrected chi connectivity index (χ4v) is 2.11. The second-order valence-electron chi connectivity index (χ2n) is 3.30. The predicted octanol–water partition coefficient (Wildman–Crippen LogP) is 4.24. The molecule has 0 fully saturated rings. The van der Waals surface area contributed by atoms with Gasteiger partial charge in [-0.15, -0.1) is 11.3 Å². The average molecular weight is 251 g/mol. The Morgan fingerprint density at radius 1 is 1.31 bits per heavy atom. The van der Waals surface area contributed by atoms with Crippen LogP contribution >= 0.6 is 22.9 Å². The molecule has 0 unspecified atom stereocenters. The first-order valence-corrected chi connectivity index (χ1v) is 6.11. The van der Waals surface area contributed by atoms with Gasteiger partial charge in [0.1, 0.15) is 0 Å². The summed E-state index contributed by atoms with van der Waals surface area (Å²) in [6, 6.07) is 11.6. The Bertz CT molecular complexity index is 491. The standard InChI is InChI=1S/C12H11ClN2S/c1-9(12-6-3-7-16-12)14-15-11-5-2-4-10(13)8-11/h2-8,15H,1H3/b14-9-. The van der Waals surface area contributed by atoms with E-state index in [1.54, 1.807) is 11.3 Å². The van der Waals surface area contributed by atoms with Crippen LogP contribution in [0.3, 0.4) is 0 Å². The van der Waals surface area contributed by atoms with Crippen molar-refractivity contribution < 1.29 is 0 Å². The Morgan fingerprint density at radius 3 is 2.88 bits per heavy atom. The van der Waals surface area contributed by atoms with Crippen molar-refractivity contribution in [3.05, 3.63) is 51.7 Å². The van der Waals surface area contributed by atoms with Crippen LogP contribution in [0.25, 0.3) is 0 Å². The summed E-state index contributed by atoms with van der Waals surface area (Å²) < 4.78 is 0. The molecule has 4 heteroatoms. The first-order valence-electron chi connectivity index (χ1n) is 4.85. The van der Waals surface area contributed by atoms with Crippen LogP contribution in [-0.4, -0.2) is 5.71 Å². The van der Waals surface area contributed by atoms with E-state index in [1.807, 2.05) is 48.7 Å². The lowest BCUT2D eigenvalue weighted by molar-refractivity contribution is 1.33. The van der Waals surface area contributed by atoms with E-state index < -0.39 is 0 Å². The van der Waals surface area contributed by atoms with Gasteiger partial charge in [0.05, 0.1) is 11.4 Å². The van der Waals surface area contributed by atoms with Gasteiger partial charge in [-0.25, -0.2) is 0 Å². The molecule has 0 radical (unpaired) electrons. The largest absolute Gasteiger partial charge is 0.278 e. The highest BCUT2D eigenvalue weighted by Gasteiger charge is 1.97. The maximum absolute atomic E-state index is 5.87. The van der Waals surface area contributed by atoms with E-state index in [4.69, 9.17) is 11.6 Å². The van der Waals surface area contributed by atoms with Gasteiger partial charge in [0, 0.05) is 9.90 Å². The van der Waals surface area contributed by atoms with Crippen LogP contribution in [0.15, 0.2) is 46.9 Å². The smallest absolute Gasteiger partial charge is 0.0747 e. The minimum atomic E-state index is 0.703. The van der Waals surface area contributed by atoms with Crippen LogP contribution in [0.4, 0.5) is 5.69 Å². The summed E-state index contributed by atoms with van der Waals surface area (Å²) in [5.41, 5.74) is 4.84. The van der Waals surface area contributed by atoms with Crippen LogP contribution in [0.5, 0.6) is 0 Å². The zero-order valence-corrected chi connectivity index (χ0v) is 10.3. The van der Waals surface area contributed by atoms with Gasteiger partial charge in [0.15, 0.2) is 0 Å². The summed E-state index contributed by atoms with van der Waals surface area (Å²) in [5, 5.41) is 7.03. The monoisotopic (exact) mass is 250 g/mol. The number of nitrogens with zero attached hydrogens (tertiary/aromatic N) is 1. The van der Waals surface area contributed by atoms with Crippen molar-refractivity contribution >= 4 is 34.3 Å². The third kappa shape index (κ3) is 2.84. The van der Waals surface area contributed by atoms with E-state index in [2.05, 4.69) is 10.5 Å². The zero-order valence-electron chi connectivity index (χ0n) is 8.77. The third-order valence-electron chi connectivity index (χ3n) is 2.06. The lowest BCUT2D eigenvalue weighted by Crippen LogP contribution is -1.97. The summed E-state index contributed by atoms with van der Waals surface area (Å²) in [5.74, 6) is 0. The Labute approximate surface area is 104 Å². The van der Waals surface area contributed by atoms with Crippen molar-refractivity contribution in [2.75, 3.05) is 5.43 Å². The van der Waals surface area contributed by atoms with Crippen molar-refractivity contribution in [2.24, 2.45) is 5.10 Å². The van der Waals surface area contributed by atoms with Crippen molar-refractivity contribution in [2.45, 2.75) is 6.92 Å². The molecule has 1 aromatic heterocycles. The highest BCUT2D eigenvalue weighted by molar-refractivity contribution is 7.12. The Morgan fingerprint density at radius 2 is 2.19 bits per heavy atom. The van der Waals surface area contributed by atoms with Gasteiger partial charge in [-0.3, -0.25) is 5.43 Å². The molecule has 0 aliphatic carbocycles. The van der Waals surface area contributed by atoms with Crippen LogP contribution in [-0.2, 0) is 0 Å². The lowest BCUT2D eigenvalue weighted by Gasteiger charge is -2.02. The van der Waals surface area contributed by atoms with Crippen molar-refractivity contribution in [1.82, 2.24) is 0 Å². The number of hydrogen-bond acceptors (Lipinski definition) is 3. The van der Waals surface area contributed by atoms with Gasteiger partial charge in [0.25, 0.3) is 0 Å². The van der Waals surface area contributed by atoms with Gasteiger partial charge >= 0.3 is 0 Å². The van der Waals surface area contributed by atoms with Gasteiger partial charge in [0.2, 0.25) is 0 Å². The maximum atomic E-state index is 5.87. The van der Waals surface area contributed by atoms with E-state index in [9.17, 15) is 0 Å². The minimum absolute atomic E-state index is 0.703. The second kappa shape index (κ2) is 5.14. The molecular weight excluding hydrogens is 240 g/mol. The number of hydrazone groups is 1. The number of benzene rings is 1. The van der Waals surface area contributed by atoms with Crippen LogP contribution in [0.1, 0.15) is 11.8 Å². The molecule has 0 amide bonds. The minimum Gasteiger partial charge on any atom is -0.278 e. The Balaban J connectivity index is 2.09. The van der Waals surface area contributed by atoms with E-state index in [1.165, 1.54) is 0 Å². The van der Waals surface area contributed by atoms with E-state index in [-0.39, 0.29) is 0 Å². The van der Waals surface area contributed by atoms with E-state index >= 15 is 0 Å². The highest BCUT2D eigenvalue weighted by atomic mass is 35.5. The number of thiophene rings is 1. The quantitative estimate of drug-likeness (QED) is 0.640. The molecule has 16 heavy (non-hydrogen) atoms. The van der Waals surface area contributed by atoms with Crippen LogP contribution < -0.4 is 5.43 Å². The molecule has 0 saturated heterocycles. The summed E-state index contributed by atoms with van der Waals surface area (Å²) in [4.78, 5) is 1.16. The summed E-state index contributed by atoms with van der Waals surface area (Å²) in [6.07, 6.45) is 0. The molecule has 2 nitrogen and oxygen atoms in total. The Hall–Kier alpha value is -1.32. The molecule has 0 aliphatic rings. The molecule has 82 valence electrons. The summed E-state index contributed by atoms with van der Waals surface area (Å²) in [7, 11) is 0. The van der Waals surface area contributed by atoms with Crippen LogP contribution in [0.2, 0.25) is 5.02 Å². The van der Waals surface area contributed by atoms with Crippen LogP contribution in [0, 0.1) is 0 Å². The first-order chi connectivity index (χ1) is 7.75. The highest BCUT2D eigenvalue weighted by Crippen LogP contribution is 2.15. The molecular formula is C12H11ClN2S. The van der Waals surface area contributed by atoms with E-state index in [0.29, 0.717) is 5.02 Å². The molecule has 2 aromatic rings. The molecule has 1 N–H and O–H groups in total. The molecule has 0 aliphatic heterocycles. The van der Waals surface area contributed by atoms with Gasteiger partial charge in [-0.05, 0) is 36.6 Å². The maximum Gasteiger partial charge on any atom is 0.0747 e. The molecule has 0 spiro atoms. The Kier molecular flexibility index (Phi) is 3.59. The van der Waals surface area contributed by atoms with Gasteiger partial charge < -0.3 is 0 Å². The normalized spacial score (nSPS) is 11.5. The number of anilines is 1. The number of nitrogens with one attached hydrogen (secondary N) is 1. The summed E-state index contributed by atoms with van der Waals surface area (Å²) in [6.45, 7) is 1.98. The molecule has 0 atom stereocenters. The fraction of sp³-hybridized carbons (Fsp3) is 0.0833. The molecule has 0 saturated carbocycles. The number of rotatable bonds is 3. The lowest BCUT2D eigenvalue weighted by atomic mass is 10.3. The van der Waals surface area contributed by atoms with Crippen molar-refractivity contribution in [1.29, 1.82) is 0 Å². The van der Waals surface area contributed by atoms with E-state index in [0.717, 1.165) is 16.3 Å². The molecule has 1 aromatic carbocycles. The number of halogens is 1. The molecule has 2 rings (SSSR count). The second-order valence-corrected chi connectivity index (χ2v) is 4.68. The number of hydrogen-bond donors (Lipinski definition) is 1. The third-order valence-corrected chi connectivity index (χ3v) is 3.27. The molecule has 1 heterocycles. The van der Waals surface area contributed by atoms with Crippen molar-refractivity contribution in [3.63, 3.8) is 0 Å².